The Bertz CT molecular complexity index is 93.1. The van der Waals surface area contributed by atoms with Crippen LogP contribution in [0.2, 0.25) is 0 Å². The molecule has 0 fully saturated rings. The average molecular weight is 149 g/mol. The summed E-state index contributed by atoms with van der Waals surface area (Å²) in [6, 6.07) is 0. The second-order valence-corrected chi connectivity index (χ2v) is 3.59. The van der Waals surface area contributed by atoms with E-state index in [1.54, 1.807) is 0 Å². The first-order valence-electron chi connectivity index (χ1n) is 3.35. The quantitative estimate of drug-likeness (QED) is 0.611. The summed E-state index contributed by atoms with van der Waals surface area (Å²) in [5.41, 5.74) is 0. The monoisotopic (exact) mass is 149 g/mol. The largest absolute Gasteiger partial charge is 0.350 e. The molecule has 0 saturated carbocycles. The molecule has 0 aromatic rings. The van der Waals surface area contributed by atoms with E-state index < -0.39 is 7.92 Å². The van der Waals surface area contributed by atoms with Gasteiger partial charge in [0.25, 0.3) is 0 Å². The van der Waals surface area contributed by atoms with Crippen molar-refractivity contribution in [3.05, 3.63) is 0 Å². The van der Waals surface area contributed by atoms with Crippen LogP contribution < -0.4 is 5.09 Å². The molecule has 3 heteroatoms. The summed E-state index contributed by atoms with van der Waals surface area (Å²) < 4.78 is 5.37. The number of nitrogens with one attached hydrogen (secondary N) is 1. The van der Waals surface area contributed by atoms with Crippen molar-refractivity contribution in [3.8, 4) is 0 Å². The van der Waals surface area contributed by atoms with Gasteiger partial charge in [0, 0.05) is 6.61 Å². The van der Waals surface area contributed by atoms with Crippen molar-refractivity contribution in [2.75, 3.05) is 13.7 Å². The van der Waals surface area contributed by atoms with Crippen molar-refractivity contribution in [2.45, 2.75) is 20.3 Å². The Labute approximate surface area is 58.1 Å². The van der Waals surface area contributed by atoms with Crippen LogP contribution in [-0.4, -0.2) is 19.5 Å². The molecule has 0 radical (unpaired) electrons. The van der Waals surface area contributed by atoms with Crippen LogP contribution in [0.4, 0.5) is 0 Å². The van der Waals surface area contributed by atoms with Crippen LogP contribution >= 0.6 is 7.92 Å². The molecule has 1 unspecified atom stereocenters. The Morgan fingerprint density at radius 1 is 1.56 bits per heavy atom. The van der Waals surface area contributed by atoms with Gasteiger partial charge in [-0.15, -0.1) is 0 Å². The normalized spacial score (nSPS) is 14.1. The van der Waals surface area contributed by atoms with Crippen molar-refractivity contribution in [3.63, 3.8) is 0 Å². The smallest absolute Gasteiger partial charge is 0.0508 e. The van der Waals surface area contributed by atoms with Gasteiger partial charge in [0.1, 0.15) is 0 Å². The molecule has 2 nitrogen and oxygen atoms in total. The van der Waals surface area contributed by atoms with E-state index in [0.717, 1.165) is 13.0 Å². The third-order valence-electron chi connectivity index (χ3n) is 0.936. The van der Waals surface area contributed by atoms with Crippen molar-refractivity contribution >= 4 is 13.7 Å². The van der Waals surface area contributed by atoms with E-state index in [-0.39, 0.29) is 0 Å². The van der Waals surface area contributed by atoms with Crippen LogP contribution in [0.3, 0.4) is 0 Å². The van der Waals surface area contributed by atoms with Crippen molar-refractivity contribution in [1.29, 1.82) is 0 Å². The predicted octanol–water partition coefficient (Wildman–Crippen LogP) is 1.50. The fourth-order valence-corrected chi connectivity index (χ4v) is 1.72. The Kier molecular flexibility index (Phi) is 6.50. The lowest BCUT2D eigenvalue weighted by atomic mass is 10.6. The van der Waals surface area contributed by atoms with Crippen LogP contribution in [0.5, 0.6) is 0 Å². The van der Waals surface area contributed by atoms with E-state index in [1.807, 2.05) is 14.0 Å². The SMILES string of the molecule is CCC=[PH](NC)OCC. The molecule has 0 saturated heterocycles. The highest BCUT2D eigenvalue weighted by molar-refractivity contribution is 7.50. The molecule has 0 heterocycles. The number of rotatable bonds is 4. The van der Waals surface area contributed by atoms with Gasteiger partial charge in [0.2, 0.25) is 0 Å². The molecule has 0 aromatic heterocycles. The second-order valence-electron chi connectivity index (χ2n) is 1.66. The summed E-state index contributed by atoms with van der Waals surface area (Å²) in [6.45, 7) is 4.96. The van der Waals surface area contributed by atoms with Gasteiger partial charge in [-0.2, -0.15) is 0 Å². The molecule has 0 aromatic carbocycles. The molecule has 0 aliphatic carbocycles. The molecule has 0 aliphatic rings. The van der Waals surface area contributed by atoms with Gasteiger partial charge in [0.05, 0.1) is 7.92 Å². The summed E-state index contributed by atoms with van der Waals surface area (Å²) in [4.78, 5) is 0. The molecular weight excluding hydrogens is 133 g/mol. The van der Waals surface area contributed by atoms with E-state index >= 15 is 0 Å². The van der Waals surface area contributed by atoms with Gasteiger partial charge in [-0.1, -0.05) is 12.7 Å². The van der Waals surface area contributed by atoms with Crippen LogP contribution in [0.15, 0.2) is 0 Å². The zero-order chi connectivity index (χ0) is 7.11. The summed E-state index contributed by atoms with van der Waals surface area (Å²) in [5, 5.41) is 3.13. The first-order valence-corrected chi connectivity index (χ1v) is 4.84. The van der Waals surface area contributed by atoms with Crippen LogP contribution in [0.1, 0.15) is 20.3 Å². The van der Waals surface area contributed by atoms with Crippen LogP contribution in [0.25, 0.3) is 0 Å². The highest BCUT2D eigenvalue weighted by atomic mass is 31.1. The molecule has 56 valence electrons. The van der Waals surface area contributed by atoms with E-state index in [2.05, 4.69) is 17.8 Å². The molecule has 9 heavy (non-hydrogen) atoms. The summed E-state index contributed by atoms with van der Waals surface area (Å²) in [7, 11) is 1.18. The first-order chi connectivity index (χ1) is 4.35. The third kappa shape index (κ3) is 4.71. The highest BCUT2D eigenvalue weighted by Crippen LogP contribution is 2.15. The Morgan fingerprint density at radius 2 is 2.22 bits per heavy atom. The summed E-state index contributed by atoms with van der Waals surface area (Å²) >= 11 is 0. The molecular formula is C6H16NOP. The Morgan fingerprint density at radius 3 is 2.56 bits per heavy atom. The van der Waals surface area contributed by atoms with Crippen molar-refractivity contribution in [2.24, 2.45) is 0 Å². The highest BCUT2D eigenvalue weighted by Gasteiger charge is 1.84. The minimum Gasteiger partial charge on any atom is -0.350 e. The van der Waals surface area contributed by atoms with E-state index in [1.165, 1.54) is 0 Å². The van der Waals surface area contributed by atoms with E-state index in [4.69, 9.17) is 4.52 Å². The van der Waals surface area contributed by atoms with Gasteiger partial charge >= 0.3 is 0 Å². The van der Waals surface area contributed by atoms with E-state index in [0.29, 0.717) is 0 Å². The Hall–Kier alpha value is 0.220. The third-order valence-corrected chi connectivity index (χ3v) is 2.81. The zero-order valence-corrected chi connectivity index (χ0v) is 7.40. The molecule has 1 atom stereocenters. The van der Waals surface area contributed by atoms with Gasteiger partial charge in [-0.25, -0.2) is 0 Å². The maximum Gasteiger partial charge on any atom is 0.0508 e. The standard InChI is InChI=1S/C6H16NOP/c1-4-6-9(7-3)8-5-2/h6-7,9H,4-5H2,1-3H3. The van der Waals surface area contributed by atoms with Crippen molar-refractivity contribution < 1.29 is 4.52 Å². The van der Waals surface area contributed by atoms with Gasteiger partial charge < -0.3 is 4.52 Å². The maximum absolute atomic E-state index is 5.37. The maximum atomic E-state index is 5.37. The zero-order valence-electron chi connectivity index (χ0n) is 6.40. The van der Waals surface area contributed by atoms with Gasteiger partial charge in [0.15, 0.2) is 0 Å². The van der Waals surface area contributed by atoms with Crippen molar-refractivity contribution in [1.82, 2.24) is 5.09 Å². The minimum atomic E-state index is -0.761. The molecule has 0 amide bonds. The second kappa shape index (κ2) is 6.34. The van der Waals surface area contributed by atoms with Gasteiger partial charge in [-0.3, -0.25) is 5.09 Å². The first kappa shape index (κ1) is 9.22. The summed E-state index contributed by atoms with van der Waals surface area (Å²) in [5.74, 6) is 2.20. The molecule has 0 rings (SSSR count). The Balaban J connectivity index is 3.53. The molecule has 0 bridgehead atoms. The van der Waals surface area contributed by atoms with Gasteiger partial charge in [-0.05, 0) is 20.4 Å². The minimum absolute atomic E-state index is 0.761. The number of hydrogen-bond acceptors (Lipinski definition) is 2. The fraction of sp³-hybridized carbons (Fsp3) is 0.833. The van der Waals surface area contributed by atoms with E-state index in [9.17, 15) is 0 Å². The molecule has 1 N–H and O–H groups in total. The molecule has 0 aliphatic heterocycles. The lowest BCUT2D eigenvalue weighted by Crippen LogP contribution is -1.96. The lowest BCUT2D eigenvalue weighted by Gasteiger charge is -2.04. The fourth-order valence-electron chi connectivity index (χ4n) is 0.574. The van der Waals surface area contributed by atoms with Crippen LogP contribution in [0, 0.1) is 0 Å². The number of hydrogen-bond donors (Lipinski definition) is 1. The summed E-state index contributed by atoms with van der Waals surface area (Å²) in [6.07, 6.45) is 1.09. The van der Waals surface area contributed by atoms with Crippen LogP contribution in [-0.2, 0) is 4.52 Å². The predicted molar refractivity (Wildman–Crippen MR) is 45.4 cm³/mol. The topological polar surface area (TPSA) is 21.3 Å². The molecule has 0 spiro atoms. The lowest BCUT2D eigenvalue weighted by molar-refractivity contribution is 0.383. The average Bonchev–Trinajstić information content (AvgIpc) is 1.88.